The van der Waals surface area contributed by atoms with Gasteiger partial charge in [0.05, 0.1) is 16.9 Å². The number of hydrogen-bond acceptors (Lipinski definition) is 4. The fourth-order valence-corrected chi connectivity index (χ4v) is 2.84. The van der Waals surface area contributed by atoms with Crippen molar-refractivity contribution in [3.05, 3.63) is 53.8 Å². The molecule has 3 N–H and O–H groups in total. The van der Waals surface area contributed by atoms with Gasteiger partial charge in [-0.1, -0.05) is 12.1 Å². The maximum atomic E-state index is 13.0. The summed E-state index contributed by atoms with van der Waals surface area (Å²) in [6.45, 7) is 0. The van der Waals surface area contributed by atoms with Gasteiger partial charge in [0.15, 0.2) is 0 Å². The van der Waals surface area contributed by atoms with E-state index in [1.165, 1.54) is 24.3 Å². The van der Waals surface area contributed by atoms with E-state index in [0.29, 0.717) is 0 Å². The average Bonchev–Trinajstić information content (AvgIpc) is 2.41. The van der Waals surface area contributed by atoms with Gasteiger partial charge in [-0.2, -0.15) is 5.26 Å². The Morgan fingerprint density at radius 2 is 1.90 bits per heavy atom. The number of benzene rings is 2. The minimum atomic E-state index is -3.94. The Balaban J connectivity index is 2.45. The molecule has 0 bridgehead atoms. The monoisotopic (exact) mass is 291 g/mol. The molecule has 0 amide bonds. The van der Waals surface area contributed by atoms with Crippen LogP contribution in [-0.2, 0) is 10.0 Å². The van der Waals surface area contributed by atoms with Crippen LogP contribution in [0.5, 0.6) is 0 Å². The van der Waals surface area contributed by atoms with Crippen LogP contribution < -0.4 is 10.5 Å². The molecule has 20 heavy (non-hydrogen) atoms. The molecule has 0 aliphatic rings. The second kappa shape index (κ2) is 5.19. The summed E-state index contributed by atoms with van der Waals surface area (Å²) in [6.07, 6.45) is 0. The number of nitrogens with one attached hydrogen (secondary N) is 1. The van der Waals surface area contributed by atoms with E-state index in [1.807, 2.05) is 0 Å². The number of anilines is 2. The van der Waals surface area contributed by atoms with Crippen molar-refractivity contribution in [3.63, 3.8) is 0 Å². The Morgan fingerprint density at radius 1 is 1.20 bits per heavy atom. The van der Waals surface area contributed by atoms with Crippen LogP contribution in [0.4, 0.5) is 15.8 Å². The van der Waals surface area contributed by atoms with Gasteiger partial charge in [-0.05, 0) is 30.3 Å². The van der Waals surface area contributed by atoms with E-state index in [1.54, 1.807) is 12.1 Å². The van der Waals surface area contributed by atoms with E-state index < -0.39 is 15.8 Å². The lowest BCUT2D eigenvalue weighted by atomic mass is 10.2. The van der Waals surface area contributed by atoms with Crippen molar-refractivity contribution in [1.29, 1.82) is 5.26 Å². The highest BCUT2D eigenvalue weighted by Crippen LogP contribution is 2.23. The second-order valence-electron chi connectivity index (χ2n) is 3.95. The Labute approximate surface area is 115 Å². The summed E-state index contributed by atoms with van der Waals surface area (Å²) in [6, 6.07) is 10.8. The van der Waals surface area contributed by atoms with E-state index in [-0.39, 0.29) is 21.8 Å². The van der Waals surface area contributed by atoms with E-state index in [9.17, 15) is 12.8 Å². The largest absolute Gasteiger partial charge is 0.398 e. The second-order valence-corrected chi connectivity index (χ2v) is 5.60. The van der Waals surface area contributed by atoms with E-state index in [2.05, 4.69) is 4.72 Å². The summed E-state index contributed by atoms with van der Waals surface area (Å²) >= 11 is 0. The third kappa shape index (κ3) is 2.70. The first-order chi connectivity index (χ1) is 9.44. The maximum Gasteiger partial charge on any atom is 0.263 e. The minimum absolute atomic E-state index is 0.00264. The van der Waals surface area contributed by atoms with E-state index in [4.69, 9.17) is 11.0 Å². The van der Waals surface area contributed by atoms with Crippen molar-refractivity contribution >= 4 is 21.4 Å². The molecule has 0 atom stereocenters. The van der Waals surface area contributed by atoms with Crippen molar-refractivity contribution in [2.45, 2.75) is 4.90 Å². The highest BCUT2D eigenvalue weighted by atomic mass is 32.2. The summed E-state index contributed by atoms with van der Waals surface area (Å²) < 4.78 is 39.6. The third-order valence-electron chi connectivity index (χ3n) is 2.55. The molecule has 0 radical (unpaired) electrons. The lowest BCUT2D eigenvalue weighted by Crippen LogP contribution is -2.15. The zero-order valence-corrected chi connectivity index (χ0v) is 11.0. The number of sulfonamides is 1. The summed E-state index contributed by atoms with van der Waals surface area (Å²) in [4.78, 5) is -0.104. The molecule has 2 aromatic carbocycles. The van der Waals surface area contributed by atoms with Gasteiger partial charge >= 0.3 is 0 Å². The standard InChI is InChI=1S/C13H10FN3O2S/c14-10-5-6-12(9(7-10)8-15)17-20(18,19)13-4-2-1-3-11(13)16/h1-7,17H,16H2. The zero-order chi connectivity index (χ0) is 14.8. The predicted molar refractivity (Wildman–Crippen MR) is 72.8 cm³/mol. The van der Waals surface area contributed by atoms with Crippen molar-refractivity contribution in [2.75, 3.05) is 10.5 Å². The van der Waals surface area contributed by atoms with E-state index >= 15 is 0 Å². The van der Waals surface area contributed by atoms with Gasteiger partial charge < -0.3 is 5.73 Å². The molecule has 0 aromatic heterocycles. The van der Waals surface area contributed by atoms with Crippen molar-refractivity contribution in [3.8, 4) is 6.07 Å². The van der Waals surface area contributed by atoms with Crippen molar-refractivity contribution in [1.82, 2.24) is 0 Å². The van der Waals surface area contributed by atoms with Crippen LogP contribution in [0.3, 0.4) is 0 Å². The highest BCUT2D eigenvalue weighted by molar-refractivity contribution is 7.92. The lowest BCUT2D eigenvalue weighted by Gasteiger charge is -2.11. The van der Waals surface area contributed by atoms with Gasteiger partial charge in [0.25, 0.3) is 10.0 Å². The summed E-state index contributed by atoms with van der Waals surface area (Å²) in [5, 5.41) is 8.89. The third-order valence-corrected chi connectivity index (χ3v) is 3.99. The molecule has 0 heterocycles. The molecule has 7 heteroatoms. The number of rotatable bonds is 3. The lowest BCUT2D eigenvalue weighted by molar-refractivity contribution is 0.601. The molecule has 102 valence electrons. The predicted octanol–water partition coefficient (Wildman–Crippen LogP) is 2.08. The quantitative estimate of drug-likeness (QED) is 0.846. The number of nitrogens with zero attached hydrogens (tertiary/aromatic N) is 1. The fraction of sp³-hybridized carbons (Fsp3) is 0. The van der Waals surface area contributed by atoms with Crippen LogP contribution in [0.1, 0.15) is 5.56 Å². The summed E-state index contributed by atoms with van der Waals surface area (Å²) in [5.41, 5.74) is 5.58. The van der Waals surface area contributed by atoms with Crippen LogP contribution in [0.2, 0.25) is 0 Å². The Kier molecular flexibility index (Phi) is 3.59. The Morgan fingerprint density at radius 3 is 2.55 bits per heavy atom. The minimum Gasteiger partial charge on any atom is -0.398 e. The zero-order valence-electron chi connectivity index (χ0n) is 10.2. The number of nitrogen functional groups attached to an aromatic ring is 1. The first-order valence-electron chi connectivity index (χ1n) is 5.51. The molecule has 0 fully saturated rings. The molecule has 0 saturated carbocycles. The molecule has 0 saturated heterocycles. The Hall–Kier alpha value is -2.59. The smallest absolute Gasteiger partial charge is 0.263 e. The first kappa shape index (κ1) is 13.8. The highest BCUT2D eigenvalue weighted by Gasteiger charge is 2.18. The van der Waals surface area contributed by atoms with Crippen LogP contribution in [-0.4, -0.2) is 8.42 Å². The fourth-order valence-electron chi connectivity index (χ4n) is 1.62. The maximum absolute atomic E-state index is 13.0. The van der Waals surface area contributed by atoms with Crippen molar-refractivity contribution < 1.29 is 12.8 Å². The van der Waals surface area contributed by atoms with Crippen LogP contribution in [0.15, 0.2) is 47.4 Å². The van der Waals surface area contributed by atoms with Gasteiger partial charge in [0.1, 0.15) is 16.8 Å². The molecule has 0 aliphatic heterocycles. The Bertz CT molecular complexity index is 798. The van der Waals surface area contributed by atoms with Crippen molar-refractivity contribution in [2.24, 2.45) is 0 Å². The topological polar surface area (TPSA) is 96.0 Å². The first-order valence-corrected chi connectivity index (χ1v) is 6.99. The molecular formula is C13H10FN3O2S. The molecule has 0 spiro atoms. The average molecular weight is 291 g/mol. The molecular weight excluding hydrogens is 281 g/mol. The summed E-state index contributed by atoms with van der Waals surface area (Å²) in [5.74, 6) is -0.622. The summed E-state index contributed by atoms with van der Waals surface area (Å²) in [7, 11) is -3.94. The number of halogens is 1. The van der Waals surface area contributed by atoms with Crippen LogP contribution in [0.25, 0.3) is 0 Å². The molecule has 0 unspecified atom stereocenters. The number of nitrogens with two attached hydrogens (primary N) is 1. The van der Waals surface area contributed by atoms with Gasteiger partial charge in [-0.3, -0.25) is 4.72 Å². The SMILES string of the molecule is N#Cc1cc(F)ccc1NS(=O)(=O)c1ccccc1N. The van der Waals surface area contributed by atoms with Gasteiger partial charge in [0, 0.05) is 0 Å². The molecule has 2 rings (SSSR count). The molecule has 0 aliphatic carbocycles. The number of hydrogen-bond donors (Lipinski definition) is 2. The van der Waals surface area contributed by atoms with E-state index in [0.717, 1.165) is 12.1 Å². The van der Waals surface area contributed by atoms with Crippen LogP contribution in [0, 0.1) is 17.1 Å². The van der Waals surface area contributed by atoms with Gasteiger partial charge in [0.2, 0.25) is 0 Å². The molecule has 5 nitrogen and oxygen atoms in total. The van der Waals surface area contributed by atoms with Gasteiger partial charge in [-0.25, -0.2) is 12.8 Å². The molecule has 2 aromatic rings. The van der Waals surface area contributed by atoms with Crippen LogP contribution >= 0.6 is 0 Å². The normalized spacial score (nSPS) is 10.8. The number of para-hydroxylation sites is 1. The number of nitriles is 1. The van der Waals surface area contributed by atoms with Gasteiger partial charge in [-0.15, -0.1) is 0 Å².